The minimum Gasteiger partial charge on any atom is -0.505 e. The molecular weight excluding hydrogens is 349 g/mol. The van der Waals surface area contributed by atoms with E-state index in [0.29, 0.717) is 29.7 Å². The molecule has 0 unspecified atom stereocenters. The minimum atomic E-state index is -0.887. The van der Waals surface area contributed by atoms with Crippen molar-refractivity contribution in [3.8, 4) is 11.1 Å². The van der Waals surface area contributed by atoms with E-state index in [2.05, 4.69) is 0 Å². The fraction of sp³-hybridized carbons (Fsp3) is 0.333. The first-order chi connectivity index (χ1) is 13.0. The number of hydrogen-bond acceptors (Lipinski definition) is 4. The molecule has 2 aromatic rings. The Balaban J connectivity index is 1.98. The lowest BCUT2D eigenvalue weighted by Crippen LogP contribution is -2.48. The SMILES string of the molecule is COC(=O)C1=C(O)c2c(-c3ccc(F)cc3)ccn2C2(CCCCC2)C1=O. The summed E-state index contributed by atoms with van der Waals surface area (Å²) in [5, 5.41) is 10.9. The number of fused-ring (bicyclic) bond motifs is 2. The van der Waals surface area contributed by atoms with Crippen molar-refractivity contribution in [2.24, 2.45) is 0 Å². The average Bonchev–Trinajstić information content (AvgIpc) is 3.14. The average molecular weight is 369 g/mol. The van der Waals surface area contributed by atoms with Gasteiger partial charge in [0.05, 0.1) is 12.8 Å². The fourth-order valence-corrected chi connectivity index (χ4v) is 4.36. The predicted octanol–water partition coefficient (Wildman–Crippen LogP) is 3.98. The smallest absolute Gasteiger partial charge is 0.345 e. The lowest BCUT2D eigenvalue weighted by molar-refractivity contribution is -0.140. The molecular formula is C21H20FNO4. The Bertz CT molecular complexity index is 949. The van der Waals surface area contributed by atoms with Crippen LogP contribution in [0.15, 0.2) is 42.1 Å². The van der Waals surface area contributed by atoms with Gasteiger partial charge in [0.2, 0.25) is 0 Å². The van der Waals surface area contributed by atoms with Crippen molar-refractivity contribution in [2.45, 2.75) is 37.6 Å². The molecule has 0 bridgehead atoms. The molecule has 0 atom stereocenters. The second-order valence-corrected chi connectivity index (χ2v) is 7.09. The Morgan fingerprint density at radius 2 is 1.81 bits per heavy atom. The topological polar surface area (TPSA) is 68.5 Å². The Morgan fingerprint density at radius 3 is 2.44 bits per heavy atom. The number of hydrogen-bond donors (Lipinski definition) is 1. The standard InChI is InChI=1S/C21H20FNO4/c1-27-20(26)16-18(24)17-15(13-5-7-14(22)8-6-13)9-12-23(17)21(19(16)25)10-3-2-4-11-21/h5-9,12,24H,2-4,10-11H2,1H3. The van der Waals surface area contributed by atoms with Crippen LogP contribution in [0.4, 0.5) is 4.39 Å². The summed E-state index contributed by atoms with van der Waals surface area (Å²) >= 11 is 0. The van der Waals surface area contributed by atoms with E-state index in [1.807, 2.05) is 0 Å². The molecule has 1 aromatic heterocycles. The number of Topliss-reactive ketones (excluding diaryl/α,β-unsaturated/α-hetero) is 1. The van der Waals surface area contributed by atoms with Crippen molar-refractivity contribution in [1.29, 1.82) is 0 Å². The highest BCUT2D eigenvalue weighted by Crippen LogP contribution is 2.46. The number of aliphatic hydroxyl groups is 1. The van der Waals surface area contributed by atoms with E-state index in [1.165, 1.54) is 19.2 Å². The number of aromatic nitrogens is 1. The molecule has 1 aromatic carbocycles. The van der Waals surface area contributed by atoms with E-state index in [1.54, 1.807) is 29.0 Å². The number of halogens is 1. The number of carbonyl (C=O) groups excluding carboxylic acids is 2. The normalized spacial score (nSPS) is 18.5. The van der Waals surface area contributed by atoms with Crippen LogP contribution in [-0.4, -0.2) is 28.5 Å². The number of benzene rings is 1. The van der Waals surface area contributed by atoms with E-state index < -0.39 is 11.5 Å². The second-order valence-electron chi connectivity index (χ2n) is 7.09. The van der Waals surface area contributed by atoms with Crippen LogP contribution in [0.25, 0.3) is 16.9 Å². The van der Waals surface area contributed by atoms with Gasteiger partial charge < -0.3 is 14.4 Å². The van der Waals surface area contributed by atoms with Crippen LogP contribution in [0.2, 0.25) is 0 Å². The zero-order chi connectivity index (χ0) is 19.2. The van der Waals surface area contributed by atoms with E-state index in [9.17, 15) is 19.1 Å². The number of methoxy groups -OCH3 is 1. The summed E-state index contributed by atoms with van der Waals surface area (Å²) in [6.07, 6.45) is 5.74. The van der Waals surface area contributed by atoms with Crippen molar-refractivity contribution in [3.63, 3.8) is 0 Å². The first kappa shape index (κ1) is 17.5. The van der Waals surface area contributed by atoms with Crippen molar-refractivity contribution in [3.05, 3.63) is 53.6 Å². The molecule has 1 aliphatic carbocycles. The molecule has 27 heavy (non-hydrogen) atoms. The van der Waals surface area contributed by atoms with E-state index in [0.717, 1.165) is 19.3 Å². The van der Waals surface area contributed by atoms with Crippen LogP contribution in [0.1, 0.15) is 37.8 Å². The van der Waals surface area contributed by atoms with E-state index in [-0.39, 0.29) is 22.9 Å². The highest BCUT2D eigenvalue weighted by atomic mass is 19.1. The molecule has 2 heterocycles. The molecule has 1 N–H and O–H groups in total. The maximum Gasteiger partial charge on any atom is 0.345 e. The van der Waals surface area contributed by atoms with Gasteiger partial charge in [-0.2, -0.15) is 0 Å². The molecule has 1 aliphatic heterocycles. The van der Waals surface area contributed by atoms with Crippen LogP contribution in [0.5, 0.6) is 0 Å². The first-order valence-electron chi connectivity index (χ1n) is 9.04. The van der Waals surface area contributed by atoms with E-state index in [4.69, 9.17) is 4.74 Å². The Labute approximate surface area is 156 Å². The van der Waals surface area contributed by atoms with Gasteiger partial charge in [0.15, 0.2) is 11.5 Å². The molecule has 1 spiro atoms. The van der Waals surface area contributed by atoms with Crippen molar-refractivity contribution in [1.82, 2.24) is 4.57 Å². The monoisotopic (exact) mass is 369 g/mol. The molecule has 1 fully saturated rings. The van der Waals surface area contributed by atoms with Crippen molar-refractivity contribution < 1.29 is 23.8 Å². The van der Waals surface area contributed by atoms with Gasteiger partial charge in [0, 0.05) is 11.8 Å². The van der Waals surface area contributed by atoms with Crippen LogP contribution < -0.4 is 0 Å². The lowest BCUT2D eigenvalue weighted by Gasteiger charge is -2.41. The molecule has 0 amide bonds. The number of carbonyl (C=O) groups is 2. The Hall–Kier alpha value is -2.89. The lowest BCUT2D eigenvalue weighted by atomic mass is 9.73. The number of nitrogens with zero attached hydrogens (tertiary/aromatic N) is 1. The Morgan fingerprint density at radius 1 is 1.15 bits per heavy atom. The second kappa shape index (κ2) is 6.37. The molecule has 4 rings (SSSR count). The van der Waals surface area contributed by atoms with Gasteiger partial charge in [-0.25, -0.2) is 9.18 Å². The number of esters is 1. The predicted molar refractivity (Wildman–Crippen MR) is 97.5 cm³/mol. The molecule has 0 saturated heterocycles. The van der Waals surface area contributed by atoms with Crippen LogP contribution in [0, 0.1) is 5.82 Å². The third-order valence-electron chi connectivity index (χ3n) is 5.68. The summed E-state index contributed by atoms with van der Waals surface area (Å²) in [6, 6.07) is 7.70. The summed E-state index contributed by atoms with van der Waals surface area (Å²) in [5.74, 6) is -1.96. The molecule has 1 saturated carbocycles. The largest absolute Gasteiger partial charge is 0.505 e. The third kappa shape index (κ3) is 2.51. The maximum atomic E-state index is 13.3. The van der Waals surface area contributed by atoms with Gasteiger partial charge in [-0.1, -0.05) is 31.4 Å². The fourth-order valence-electron chi connectivity index (χ4n) is 4.36. The van der Waals surface area contributed by atoms with Gasteiger partial charge >= 0.3 is 5.97 Å². The summed E-state index contributed by atoms with van der Waals surface area (Å²) in [6.45, 7) is 0. The highest BCUT2D eigenvalue weighted by molar-refractivity contribution is 6.25. The highest BCUT2D eigenvalue weighted by Gasteiger charge is 2.50. The van der Waals surface area contributed by atoms with Gasteiger partial charge in [-0.3, -0.25) is 4.79 Å². The van der Waals surface area contributed by atoms with Gasteiger partial charge in [-0.15, -0.1) is 0 Å². The zero-order valence-electron chi connectivity index (χ0n) is 15.0. The summed E-state index contributed by atoms with van der Waals surface area (Å²) in [4.78, 5) is 25.6. The molecule has 5 nitrogen and oxygen atoms in total. The molecule has 2 aliphatic rings. The van der Waals surface area contributed by atoms with Crippen molar-refractivity contribution in [2.75, 3.05) is 7.11 Å². The van der Waals surface area contributed by atoms with Gasteiger partial charge in [-0.05, 0) is 36.6 Å². The first-order valence-corrected chi connectivity index (χ1v) is 9.04. The maximum absolute atomic E-state index is 13.3. The zero-order valence-corrected chi connectivity index (χ0v) is 15.0. The molecule has 140 valence electrons. The van der Waals surface area contributed by atoms with Gasteiger partial charge in [0.25, 0.3) is 0 Å². The van der Waals surface area contributed by atoms with Crippen LogP contribution >= 0.6 is 0 Å². The number of aliphatic hydroxyl groups excluding tert-OH is 1. The quantitative estimate of drug-likeness (QED) is 0.642. The number of ether oxygens (including phenoxy) is 1. The number of ketones is 1. The van der Waals surface area contributed by atoms with Gasteiger partial charge in [0.1, 0.15) is 16.9 Å². The summed E-state index contributed by atoms with van der Waals surface area (Å²) in [7, 11) is 1.19. The van der Waals surface area contributed by atoms with Crippen LogP contribution in [0.3, 0.4) is 0 Å². The molecule has 6 heteroatoms. The number of rotatable bonds is 2. The summed E-state index contributed by atoms with van der Waals surface area (Å²) in [5.41, 5.74) is 0.562. The Kier molecular flexibility index (Phi) is 4.13. The van der Waals surface area contributed by atoms with E-state index >= 15 is 0 Å². The summed E-state index contributed by atoms with van der Waals surface area (Å²) < 4.78 is 19.9. The minimum absolute atomic E-state index is 0.297. The van der Waals surface area contributed by atoms with Crippen LogP contribution in [-0.2, 0) is 19.9 Å². The molecule has 0 radical (unpaired) electrons. The third-order valence-corrected chi connectivity index (χ3v) is 5.68. The van der Waals surface area contributed by atoms with Crippen molar-refractivity contribution >= 4 is 17.5 Å².